The number of H-pyrrole nitrogens is 1. The summed E-state index contributed by atoms with van der Waals surface area (Å²) in [6.07, 6.45) is 0.0505. The first kappa shape index (κ1) is 13.1. The van der Waals surface area contributed by atoms with E-state index in [-0.39, 0.29) is 12.0 Å². The maximum Gasteiger partial charge on any atom is 0.304 e. The summed E-state index contributed by atoms with van der Waals surface area (Å²) in [6.45, 7) is 3.86. The van der Waals surface area contributed by atoms with Crippen molar-refractivity contribution in [3.8, 4) is 0 Å². The zero-order chi connectivity index (χ0) is 13.3. The van der Waals surface area contributed by atoms with Crippen LogP contribution in [0.4, 0.5) is 0 Å². The standard InChI is InChI=1S/C11H12N2O3S2/c1-5-6(2)18-10-8(5)9(16)12-11(13-10)17-4-3-7(14)15/h3-4H2,1-2H3,(H,14,15)(H,12,13,16). The van der Waals surface area contributed by atoms with Crippen molar-refractivity contribution in [1.29, 1.82) is 0 Å². The second kappa shape index (κ2) is 5.11. The molecule has 0 spiro atoms. The molecule has 0 aliphatic heterocycles. The normalized spacial score (nSPS) is 11.0. The van der Waals surface area contributed by atoms with Crippen molar-refractivity contribution in [1.82, 2.24) is 9.97 Å². The van der Waals surface area contributed by atoms with Gasteiger partial charge in [0.25, 0.3) is 5.56 Å². The van der Waals surface area contributed by atoms with E-state index in [1.807, 2.05) is 13.8 Å². The molecular formula is C11H12N2O3S2. The van der Waals surface area contributed by atoms with Gasteiger partial charge in [-0.1, -0.05) is 11.8 Å². The summed E-state index contributed by atoms with van der Waals surface area (Å²) in [5.74, 6) is -0.457. The molecule has 0 atom stereocenters. The molecule has 0 unspecified atom stereocenters. The first-order valence-electron chi connectivity index (χ1n) is 5.33. The number of carboxylic acids is 1. The van der Waals surface area contributed by atoms with Gasteiger partial charge in [-0.2, -0.15) is 0 Å². The number of nitrogens with one attached hydrogen (secondary N) is 1. The molecule has 0 bridgehead atoms. The molecule has 0 aromatic carbocycles. The quantitative estimate of drug-likeness (QED) is 0.664. The predicted octanol–water partition coefficient (Wildman–Crippen LogP) is 2.17. The number of carbonyl (C=O) groups is 1. The number of aromatic nitrogens is 2. The lowest BCUT2D eigenvalue weighted by molar-refractivity contribution is -0.136. The molecule has 2 rings (SSSR count). The fourth-order valence-corrected chi connectivity index (χ4v) is 3.42. The van der Waals surface area contributed by atoms with E-state index in [0.29, 0.717) is 21.1 Å². The molecule has 2 aromatic rings. The largest absolute Gasteiger partial charge is 0.481 e. The lowest BCUT2D eigenvalue weighted by atomic mass is 10.2. The van der Waals surface area contributed by atoms with E-state index in [0.717, 1.165) is 10.4 Å². The monoisotopic (exact) mass is 284 g/mol. The Labute approximate surface area is 111 Å². The van der Waals surface area contributed by atoms with Crippen LogP contribution >= 0.6 is 23.1 Å². The third-order valence-electron chi connectivity index (χ3n) is 2.57. The Morgan fingerprint density at radius 2 is 2.22 bits per heavy atom. The smallest absolute Gasteiger partial charge is 0.304 e. The Kier molecular flexibility index (Phi) is 3.72. The summed E-state index contributed by atoms with van der Waals surface area (Å²) in [5, 5.41) is 9.67. The number of nitrogens with zero attached hydrogens (tertiary/aromatic N) is 1. The molecule has 0 saturated carbocycles. The van der Waals surface area contributed by atoms with Crippen LogP contribution in [0, 0.1) is 13.8 Å². The summed E-state index contributed by atoms with van der Waals surface area (Å²) in [6, 6.07) is 0. The molecule has 0 aliphatic carbocycles. The molecule has 2 N–H and O–H groups in total. The van der Waals surface area contributed by atoms with Crippen LogP contribution in [0.15, 0.2) is 9.95 Å². The highest BCUT2D eigenvalue weighted by molar-refractivity contribution is 7.99. The number of thiophene rings is 1. The second-order valence-corrected chi connectivity index (χ2v) is 6.11. The molecule has 96 valence electrons. The Morgan fingerprint density at radius 3 is 2.89 bits per heavy atom. The summed E-state index contributed by atoms with van der Waals surface area (Å²) < 4.78 is 0. The number of fused-ring (bicyclic) bond motifs is 1. The highest BCUT2D eigenvalue weighted by Crippen LogP contribution is 2.27. The van der Waals surface area contributed by atoms with Crippen LogP contribution in [-0.2, 0) is 4.79 Å². The van der Waals surface area contributed by atoms with Crippen molar-refractivity contribution in [3.05, 3.63) is 20.8 Å². The third-order valence-corrected chi connectivity index (χ3v) is 4.55. The van der Waals surface area contributed by atoms with Crippen LogP contribution in [0.3, 0.4) is 0 Å². The molecule has 5 nitrogen and oxygen atoms in total. The van der Waals surface area contributed by atoms with E-state index in [1.54, 1.807) is 0 Å². The molecule has 0 saturated heterocycles. The van der Waals surface area contributed by atoms with Crippen molar-refractivity contribution in [2.45, 2.75) is 25.4 Å². The molecule has 0 fully saturated rings. The number of aliphatic carboxylic acids is 1. The summed E-state index contributed by atoms with van der Waals surface area (Å²) in [5.41, 5.74) is 0.811. The van der Waals surface area contributed by atoms with Crippen LogP contribution in [0.2, 0.25) is 0 Å². The average molecular weight is 284 g/mol. The molecule has 0 aliphatic rings. The molecule has 2 heterocycles. The van der Waals surface area contributed by atoms with Gasteiger partial charge >= 0.3 is 5.97 Å². The zero-order valence-corrected chi connectivity index (χ0v) is 11.6. The van der Waals surface area contributed by atoms with E-state index in [2.05, 4.69) is 9.97 Å². The van der Waals surface area contributed by atoms with Crippen molar-refractivity contribution in [2.24, 2.45) is 0 Å². The maximum absolute atomic E-state index is 11.9. The van der Waals surface area contributed by atoms with Gasteiger partial charge in [0.15, 0.2) is 5.16 Å². The van der Waals surface area contributed by atoms with Gasteiger partial charge < -0.3 is 10.1 Å². The number of aryl methyl sites for hydroxylation is 2. The fraction of sp³-hybridized carbons (Fsp3) is 0.364. The Morgan fingerprint density at radius 1 is 1.50 bits per heavy atom. The lowest BCUT2D eigenvalue weighted by Crippen LogP contribution is -2.09. The van der Waals surface area contributed by atoms with Gasteiger partial charge in [0.05, 0.1) is 11.8 Å². The molecule has 7 heteroatoms. The van der Waals surface area contributed by atoms with Crippen LogP contribution < -0.4 is 5.56 Å². The maximum atomic E-state index is 11.9. The van der Waals surface area contributed by atoms with Crippen molar-refractivity contribution in [2.75, 3.05) is 5.75 Å². The third kappa shape index (κ3) is 2.56. The summed E-state index contributed by atoms with van der Waals surface area (Å²) in [7, 11) is 0. The Hall–Kier alpha value is -1.34. The summed E-state index contributed by atoms with van der Waals surface area (Å²) in [4.78, 5) is 31.2. The van der Waals surface area contributed by atoms with Gasteiger partial charge in [-0.25, -0.2) is 4.98 Å². The average Bonchev–Trinajstić information content (AvgIpc) is 2.54. The minimum atomic E-state index is -0.853. The number of carboxylic acid groups (broad SMARTS) is 1. The van der Waals surface area contributed by atoms with E-state index < -0.39 is 5.97 Å². The predicted molar refractivity (Wildman–Crippen MR) is 72.7 cm³/mol. The SMILES string of the molecule is Cc1sc2nc(SCCC(=O)O)[nH]c(=O)c2c1C. The van der Waals surface area contributed by atoms with Gasteiger partial charge in [0, 0.05) is 10.6 Å². The van der Waals surface area contributed by atoms with Crippen molar-refractivity contribution >= 4 is 39.3 Å². The number of rotatable bonds is 4. The minimum Gasteiger partial charge on any atom is -0.481 e. The van der Waals surface area contributed by atoms with Crippen LogP contribution in [0.25, 0.3) is 10.2 Å². The molecule has 0 radical (unpaired) electrons. The molecule has 2 aromatic heterocycles. The highest BCUT2D eigenvalue weighted by atomic mass is 32.2. The fourth-order valence-electron chi connectivity index (χ4n) is 1.54. The number of hydrogen-bond acceptors (Lipinski definition) is 5. The zero-order valence-electron chi connectivity index (χ0n) is 9.94. The van der Waals surface area contributed by atoms with Crippen molar-refractivity contribution < 1.29 is 9.90 Å². The topological polar surface area (TPSA) is 83.0 Å². The van der Waals surface area contributed by atoms with E-state index in [9.17, 15) is 9.59 Å². The van der Waals surface area contributed by atoms with Gasteiger partial charge in [-0.05, 0) is 19.4 Å². The van der Waals surface area contributed by atoms with Crippen LogP contribution in [0.1, 0.15) is 16.9 Å². The van der Waals surface area contributed by atoms with Crippen LogP contribution in [0.5, 0.6) is 0 Å². The first-order chi connectivity index (χ1) is 8.49. The number of thioether (sulfide) groups is 1. The highest BCUT2D eigenvalue weighted by Gasteiger charge is 2.12. The number of aromatic amines is 1. The second-order valence-electron chi connectivity index (χ2n) is 3.83. The van der Waals surface area contributed by atoms with E-state index >= 15 is 0 Å². The molecule has 0 amide bonds. The van der Waals surface area contributed by atoms with Gasteiger partial charge in [0.2, 0.25) is 0 Å². The Balaban J connectivity index is 2.32. The Bertz CT molecular complexity index is 660. The first-order valence-corrected chi connectivity index (χ1v) is 7.14. The minimum absolute atomic E-state index is 0.0505. The summed E-state index contributed by atoms with van der Waals surface area (Å²) >= 11 is 2.74. The van der Waals surface area contributed by atoms with Gasteiger partial charge in [-0.15, -0.1) is 11.3 Å². The number of hydrogen-bond donors (Lipinski definition) is 2. The molecule has 18 heavy (non-hydrogen) atoms. The van der Waals surface area contributed by atoms with Crippen molar-refractivity contribution in [3.63, 3.8) is 0 Å². The van der Waals surface area contributed by atoms with Gasteiger partial charge in [-0.3, -0.25) is 9.59 Å². The molecular weight excluding hydrogens is 272 g/mol. The van der Waals surface area contributed by atoms with E-state index in [4.69, 9.17) is 5.11 Å². The van der Waals surface area contributed by atoms with Gasteiger partial charge in [0.1, 0.15) is 4.83 Å². The van der Waals surface area contributed by atoms with E-state index in [1.165, 1.54) is 23.1 Å². The lowest BCUT2D eigenvalue weighted by Gasteiger charge is -1.99. The van der Waals surface area contributed by atoms with Crippen LogP contribution in [-0.4, -0.2) is 26.8 Å².